The Morgan fingerprint density at radius 1 is 0.483 bits per heavy atom. The lowest BCUT2D eigenvalue weighted by Gasteiger charge is -2.71. The molecule has 0 unspecified atom stereocenters. The summed E-state index contributed by atoms with van der Waals surface area (Å²) in [5.41, 5.74) is 7.02. The van der Waals surface area contributed by atoms with Gasteiger partial charge in [-0.3, -0.25) is 39.8 Å². The molecule has 3 aliphatic heterocycles. The number of hydrazine groups is 1. The number of aliphatic hydroxyl groups excluding tert-OH is 3. The van der Waals surface area contributed by atoms with Crippen molar-refractivity contribution in [3.05, 3.63) is 159 Å². The molecule has 15 aliphatic rings. The largest absolute Gasteiger partial charge is 0.497 e. The Balaban J connectivity index is 0.000000137. The maximum atomic E-state index is 14.9. The molecule has 6 aromatic rings. The summed E-state index contributed by atoms with van der Waals surface area (Å²) in [6.07, 6.45) is 30.2. The van der Waals surface area contributed by atoms with E-state index in [1.165, 1.54) is 37.8 Å². The van der Waals surface area contributed by atoms with Crippen LogP contribution in [0.4, 0.5) is 0 Å². The van der Waals surface area contributed by atoms with Gasteiger partial charge >= 0.3 is 17.9 Å². The lowest BCUT2D eigenvalue weighted by Crippen LogP contribution is -2.71. The molecule has 0 spiro atoms. The summed E-state index contributed by atoms with van der Waals surface area (Å²) in [5.74, 6) is 8.86. The molecule has 8 heterocycles. The number of aliphatic hydroxyl groups is 3. The van der Waals surface area contributed by atoms with Crippen molar-refractivity contribution in [2.75, 3.05) is 60.8 Å². The second kappa shape index (κ2) is 39.0. The van der Waals surface area contributed by atoms with Gasteiger partial charge in [-0.1, -0.05) is 211 Å². The number of carboxylic acid groups (broad SMARTS) is 2. The fourth-order valence-electron chi connectivity index (χ4n) is 36.5. The number of aliphatic carboxylic acids is 2. The number of nitrogens with one attached hydrogen (secondary N) is 1. The number of hydrogen-bond acceptors (Lipinski definition) is 20. The van der Waals surface area contributed by atoms with Crippen LogP contribution in [-0.4, -0.2) is 159 Å². The normalized spacial score (nSPS) is 42.4. The lowest BCUT2D eigenvalue weighted by atomic mass is 9.34. The molecule has 21 nitrogen and oxygen atoms in total. The second-order valence-electron chi connectivity index (χ2n) is 52.9. The highest BCUT2D eigenvalue weighted by Crippen LogP contribution is 2.81. The zero-order chi connectivity index (χ0) is 104. The Labute approximate surface area is 876 Å². The van der Waals surface area contributed by atoms with Gasteiger partial charge in [0, 0.05) is 77.3 Å². The molecule has 145 heavy (non-hydrogen) atoms. The molecule has 21 rings (SSSR count). The molecular formula is C121H173N7O14S3. The molecule has 12 aliphatic carbocycles. The van der Waals surface area contributed by atoms with Gasteiger partial charge in [0.2, 0.25) is 0 Å². The molecule has 1 aromatic carbocycles. The van der Waals surface area contributed by atoms with Crippen LogP contribution in [-0.2, 0) is 39.9 Å². The topological polar surface area (TPSA) is 293 Å². The van der Waals surface area contributed by atoms with Crippen molar-refractivity contribution < 1.29 is 68.4 Å². The number of nitrogens with zero attached hydrogens (tertiary/aromatic N) is 5. The number of esters is 1. The van der Waals surface area contributed by atoms with Crippen LogP contribution in [0.3, 0.4) is 0 Å². The molecule has 5 aromatic heterocycles. The van der Waals surface area contributed by atoms with E-state index in [9.17, 15) is 44.7 Å². The third-order valence-corrected chi connectivity index (χ3v) is 48.6. The SMILES string of the molecule is CC(C)[C@@H](C)[C@@]1(C)CC[C@]2(C)[C@H]3CC[C@@H]4[C@@]5(COC[C@@]4(C)[C@@H](O)[C@H](NN)C5)C3=CC[C@@]2(C)[C@@H]1C(=O)O.CC(C)[C@@H](C)[C@@]1(C)CC[C@]2(C)[C@H]3CC[C@@H]4[C@@]5(COC[C@@]4(C)[C@@H](O)[C@H](n4nccc4-c4cccs4)C5)C3=CC[C@@]2(C)[C@@H]1C(=O)O.CN(C)/C=C/C(=O)c1cccs1.COc1ccc(COC(=O)[C@@H]2[C@@](C)([C@H](C)C(C)C)CC[C@]3(C)[C@H]4CC[C@@H]5[C@@]6(COC[C@@]5(C)[C@@H](O)[C@H](n5nccc5-c5cccs5)C6)C4=CC[C@@]23C)cc1. The first-order chi connectivity index (χ1) is 68.4. The monoisotopic (exact) mass is 2040 g/mol. The molecule has 3 saturated heterocycles. The summed E-state index contributed by atoms with van der Waals surface area (Å²) < 4.78 is 35.4. The predicted octanol–water partition coefficient (Wildman–Crippen LogP) is 24.6. The second-order valence-corrected chi connectivity index (χ2v) is 55.7. The van der Waals surface area contributed by atoms with Crippen LogP contribution in [0, 0.1) is 170 Å². The molecule has 8 N–H and O–H groups in total. The number of nitrogens with two attached hydrogens (primary N) is 1. The number of aromatic nitrogens is 4. The molecule has 0 amide bonds. The summed E-state index contributed by atoms with van der Waals surface area (Å²) in [4.78, 5) is 57.6. The van der Waals surface area contributed by atoms with E-state index < -0.39 is 36.2 Å². The molecule has 9 saturated carbocycles. The number of hydrogen-bond donors (Lipinski definition) is 7. The number of thiophene rings is 3. The number of rotatable bonds is 20. The van der Waals surface area contributed by atoms with Crippen LogP contribution < -0.4 is 16.0 Å². The van der Waals surface area contributed by atoms with E-state index in [2.05, 4.69) is 226 Å². The quantitative estimate of drug-likeness (QED) is 0.00933. The molecule has 794 valence electrons. The molecule has 6 bridgehead atoms. The minimum Gasteiger partial charge on any atom is -0.497 e. The average Bonchev–Trinajstić information content (AvgIpc) is 1.27. The fourth-order valence-corrected chi connectivity index (χ4v) is 38.7. The van der Waals surface area contributed by atoms with Crippen LogP contribution in [0.2, 0.25) is 0 Å². The van der Waals surface area contributed by atoms with Crippen LogP contribution in [0.15, 0.2) is 149 Å². The Morgan fingerprint density at radius 3 is 1.21 bits per heavy atom. The Hall–Kier alpha value is -6.94. The summed E-state index contributed by atoms with van der Waals surface area (Å²) in [6, 6.07) is 23.7. The molecule has 24 heteroatoms. The van der Waals surface area contributed by atoms with E-state index in [0.29, 0.717) is 111 Å². The van der Waals surface area contributed by atoms with Crippen molar-refractivity contribution in [1.29, 1.82) is 0 Å². The molecule has 12 fully saturated rings. The number of ketones is 1. The maximum Gasteiger partial charge on any atom is 0.310 e. The van der Waals surface area contributed by atoms with Gasteiger partial charge in [0.1, 0.15) is 12.4 Å². The maximum absolute atomic E-state index is 14.9. The number of methoxy groups -OCH3 is 1. The van der Waals surface area contributed by atoms with Crippen molar-refractivity contribution in [3.8, 4) is 26.9 Å². The smallest absolute Gasteiger partial charge is 0.310 e. The summed E-state index contributed by atoms with van der Waals surface area (Å²) in [7, 11) is 5.44. The fraction of sp³-hybridized carbons (Fsp3) is 0.702. The summed E-state index contributed by atoms with van der Waals surface area (Å²) in [5, 5.41) is 73.4. The first kappa shape index (κ1) is 108. The number of fused-ring (bicyclic) bond motifs is 9. The third kappa shape index (κ3) is 16.4. The van der Waals surface area contributed by atoms with Crippen molar-refractivity contribution in [2.45, 2.75) is 304 Å². The molecule has 0 radical (unpaired) electrons. The standard InChI is InChI=1S/C45H60N2O5S.C37H52N2O4S.C30H50N2O4.C9H11NOS/c1-28(2)29(3)41(4)20-21-43(6)32-15-16-37-42(5)26-51-27-45(37,24-35(39(42)48)47-34(18-22-46-47)36-10-9-23-53-36)33(32)17-19-44(43,7)38(41)40(49)52-25-30-11-13-31(50-8)14-12-30;1-22(2)23(3)33(4)15-16-35(6)24-10-11-29-34(5)20-43-21-37(29,25(24)12-14-36(35,7)30(33)32(41)42)19-27(31(34)40)39-26(13-17-38-39)28-9-8-18-44-28;1-17(2)18(3)26(4)12-13-28(6)19-8-9-22-27(5)15-36-16-30(22,14-21(32-31)24(27)33)20(19)10-11-29(28,7)23(26)25(34)35;1-10(2)6-5-8(11)9-4-3-7-12-9/h9-14,17-18,22-23,28-29,32,35,37-39,48H,15-16,19-21,24-27H2,1-8H3;8-9,12-13,17-18,22-24,27,29-31,40H,10-11,14-16,19-21H2,1-7H3,(H,41,42);10,17-19,21-24,32-33H,8-9,11-16,31H2,1-7H3,(H,34,35);3-7H,1-2H3/b;;;6-5+/t29-,32+,35-,37+,38-,39+,41-,42-,43-,44+,45+;23-,24+,27-,29+,30-,31+,33-,34-,35-,36+,37+;18-,19+,21-,22+,23-,24+,26-,27-,28-,29+,30+;/m111./s1. The number of allylic oxidation sites excluding steroid dienone is 4. The molecular weight excluding hydrogens is 1870 g/mol. The minimum atomic E-state index is -0.621. The summed E-state index contributed by atoms with van der Waals surface area (Å²) >= 11 is 4.89. The number of benzene rings is 1. The van der Waals surface area contributed by atoms with E-state index in [-0.39, 0.29) is 130 Å². The van der Waals surface area contributed by atoms with Gasteiger partial charge in [-0.25, -0.2) is 0 Å². The highest BCUT2D eigenvalue weighted by Gasteiger charge is 2.77. The van der Waals surface area contributed by atoms with Crippen LogP contribution in [0.1, 0.15) is 288 Å². The van der Waals surface area contributed by atoms with E-state index in [1.807, 2.05) is 73.2 Å². The summed E-state index contributed by atoms with van der Waals surface area (Å²) in [6.45, 7) is 52.6. The van der Waals surface area contributed by atoms with E-state index >= 15 is 0 Å². The van der Waals surface area contributed by atoms with Crippen LogP contribution in [0.25, 0.3) is 21.1 Å². The van der Waals surface area contributed by atoms with Crippen LogP contribution >= 0.6 is 34.0 Å². The van der Waals surface area contributed by atoms with Gasteiger partial charge in [0.25, 0.3) is 0 Å². The highest BCUT2D eigenvalue weighted by atomic mass is 32.1. The van der Waals surface area contributed by atoms with Gasteiger partial charge in [-0.2, -0.15) is 10.2 Å². The Bertz CT molecular complexity index is 5830. The van der Waals surface area contributed by atoms with E-state index in [0.717, 1.165) is 143 Å². The Kier molecular flexibility index (Phi) is 29.0. The van der Waals surface area contributed by atoms with Gasteiger partial charge in [-0.05, 0) is 299 Å². The minimum absolute atomic E-state index is 0.0536. The van der Waals surface area contributed by atoms with E-state index in [1.54, 1.807) is 42.1 Å². The Morgan fingerprint density at radius 2 is 0.855 bits per heavy atom. The van der Waals surface area contributed by atoms with Gasteiger partial charge in [0.05, 0.1) is 121 Å². The van der Waals surface area contributed by atoms with Crippen molar-refractivity contribution in [2.24, 2.45) is 176 Å². The van der Waals surface area contributed by atoms with Crippen molar-refractivity contribution >= 4 is 57.7 Å². The zero-order valence-electron chi connectivity index (χ0n) is 91.5. The number of carbonyl (C=O) groups excluding carboxylic acids is 2. The molecule has 33 atom stereocenters. The zero-order valence-corrected chi connectivity index (χ0v) is 93.9. The van der Waals surface area contributed by atoms with Gasteiger partial charge in [-0.15, -0.1) is 34.0 Å². The average molecular weight is 2050 g/mol. The van der Waals surface area contributed by atoms with Gasteiger partial charge in [0.15, 0.2) is 5.78 Å². The number of carbonyl (C=O) groups is 4. The highest BCUT2D eigenvalue weighted by molar-refractivity contribution is 7.13. The number of ether oxygens (including phenoxy) is 5. The van der Waals surface area contributed by atoms with Crippen molar-refractivity contribution in [1.82, 2.24) is 29.9 Å². The third-order valence-electron chi connectivity index (χ3n) is 46.0. The van der Waals surface area contributed by atoms with Crippen LogP contribution in [0.5, 0.6) is 5.75 Å². The van der Waals surface area contributed by atoms with Gasteiger partial charge < -0.3 is 54.1 Å². The predicted molar refractivity (Wildman–Crippen MR) is 576 cm³/mol. The first-order valence-electron chi connectivity index (χ1n) is 55.1. The first-order valence-corrected chi connectivity index (χ1v) is 57.7. The lowest BCUT2D eigenvalue weighted by molar-refractivity contribution is -0.241. The number of carboxylic acids is 2. The van der Waals surface area contributed by atoms with Crippen molar-refractivity contribution in [3.63, 3.8) is 0 Å². The van der Waals surface area contributed by atoms with E-state index in [4.69, 9.17) is 39.7 Å².